The van der Waals surface area contributed by atoms with Gasteiger partial charge >= 0.3 is 18.1 Å². The van der Waals surface area contributed by atoms with Gasteiger partial charge in [-0.15, -0.1) is 0 Å². The van der Waals surface area contributed by atoms with Crippen LogP contribution in [-0.4, -0.2) is 36.4 Å². The first kappa shape index (κ1) is 16.1. The highest BCUT2D eigenvalue weighted by Gasteiger charge is 2.38. The molecule has 0 saturated heterocycles. The summed E-state index contributed by atoms with van der Waals surface area (Å²) in [6, 6.07) is 0. The smallest absolute Gasteiger partial charge is 0.475 e. The second kappa shape index (κ2) is 8.04. The molecule has 0 aromatic carbocycles. The van der Waals surface area contributed by atoms with E-state index in [1.807, 2.05) is 0 Å². The summed E-state index contributed by atoms with van der Waals surface area (Å²) in [7, 11) is 0. The molecule has 0 rings (SSSR count). The zero-order valence-corrected chi connectivity index (χ0v) is 8.00. The van der Waals surface area contributed by atoms with Gasteiger partial charge in [0.1, 0.15) is 0 Å². The van der Waals surface area contributed by atoms with Crippen LogP contribution in [0.25, 0.3) is 0 Å². The maximum Gasteiger partial charge on any atom is 0.490 e. The normalized spacial score (nSPS) is 9.93. The van der Waals surface area contributed by atoms with Gasteiger partial charge in [0.25, 0.3) is 0 Å². The van der Waals surface area contributed by atoms with Crippen LogP contribution in [0.2, 0.25) is 0 Å². The van der Waals surface area contributed by atoms with Crippen molar-refractivity contribution in [1.29, 1.82) is 0 Å². The third kappa shape index (κ3) is 12.7. The summed E-state index contributed by atoms with van der Waals surface area (Å²) in [6.45, 7) is 2.59. The fourth-order valence-electron chi connectivity index (χ4n) is 0.351. The molecule has 0 unspecified atom stereocenters. The van der Waals surface area contributed by atoms with E-state index >= 15 is 0 Å². The standard InChI is InChI=1S/C5H11NO2.C2HF3O2/c1-2-8-5(7)3-4-6;3-2(4,5)1(6)7/h2-4,6H2,1H3;(H,6,7). The molecule has 0 bridgehead atoms. The molecule has 0 heterocycles. The molecule has 0 aliphatic carbocycles. The van der Waals surface area contributed by atoms with E-state index in [0.717, 1.165) is 0 Å². The fraction of sp³-hybridized carbons (Fsp3) is 0.714. The molecule has 0 spiro atoms. The van der Waals surface area contributed by atoms with Crippen molar-refractivity contribution in [2.45, 2.75) is 19.5 Å². The molecule has 0 amide bonds. The van der Waals surface area contributed by atoms with Crippen molar-refractivity contribution in [2.75, 3.05) is 13.2 Å². The second-order valence-corrected chi connectivity index (χ2v) is 2.15. The van der Waals surface area contributed by atoms with Crippen molar-refractivity contribution >= 4 is 11.9 Å². The molecule has 0 aromatic rings. The van der Waals surface area contributed by atoms with E-state index in [1.165, 1.54) is 0 Å². The zero-order chi connectivity index (χ0) is 12.5. The molecule has 0 aliphatic heterocycles. The Kier molecular flexibility index (Phi) is 8.64. The van der Waals surface area contributed by atoms with E-state index in [2.05, 4.69) is 4.74 Å². The highest BCUT2D eigenvalue weighted by Crippen LogP contribution is 2.13. The van der Waals surface area contributed by atoms with Gasteiger partial charge in [-0.05, 0) is 6.92 Å². The Hall–Kier alpha value is -1.31. The number of aliphatic carboxylic acids is 1. The van der Waals surface area contributed by atoms with E-state index in [4.69, 9.17) is 15.6 Å². The number of carbonyl (C=O) groups is 2. The zero-order valence-electron chi connectivity index (χ0n) is 8.00. The SMILES string of the molecule is CCOC(=O)CCN.O=C(O)C(F)(F)F. The van der Waals surface area contributed by atoms with Crippen LogP contribution < -0.4 is 5.73 Å². The summed E-state index contributed by atoms with van der Waals surface area (Å²) >= 11 is 0. The van der Waals surface area contributed by atoms with Gasteiger partial charge in [-0.2, -0.15) is 13.2 Å². The number of alkyl halides is 3. The topological polar surface area (TPSA) is 89.6 Å². The van der Waals surface area contributed by atoms with Crippen molar-refractivity contribution in [1.82, 2.24) is 0 Å². The van der Waals surface area contributed by atoms with Crippen LogP contribution in [0.15, 0.2) is 0 Å². The van der Waals surface area contributed by atoms with Crippen LogP contribution in [0, 0.1) is 0 Å². The summed E-state index contributed by atoms with van der Waals surface area (Å²) < 4.78 is 36.3. The van der Waals surface area contributed by atoms with Crippen LogP contribution in [0.3, 0.4) is 0 Å². The van der Waals surface area contributed by atoms with Gasteiger partial charge in [0.15, 0.2) is 0 Å². The van der Waals surface area contributed by atoms with E-state index in [-0.39, 0.29) is 5.97 Å². The third-order valence-electron chi connectivity index (χ3n) is 0.896. The number of rotatable bonds is 3. The number of esters is 1. The van der Waals surface area contributed by atoms with Gasteiger partial charge in [0.05, 0.1) is 13.0 Å². The van der Waals surface area contributed by atoms with E-state index in [1.54, 1.807) is 6.92 Å². The Morgan fingerprint density at radius 3 is 2.00 bits per heavy atom. The average molecular weight is 231 g/mol. The molecule has 15 heavy (non-hydrogen) atoms. The van der Waals surface area contributed by atoms with Crippen LogP contribution in [0.4, 0.5) is 13.2 Å². The highest BCUT2D eigenvalue weighted by atomic mass is 19.4. The van der Waals surface area contributed by atoms with Gasteiger partial charge in [0, 0.05) is 6.54 Å². The number of carboxylic acids is 1. The van der Waals surface area contributed by atoms with Gasteiger partial charge in [-0.3, -0.25) is 4.79 Å². The fourth-order valence-corrected chi connectivity index (χ4v) is 0.351. The van der Waals surface area contributed by atoms with E-state index in [0.29, 0.717) is 19.6 Å². The van der Waals surface area contributed by atoms with Crippen molar-refractivity contribution in [2.24, 2.45) is 5.73 Å². The number of hydrogen-bond acceptors (Lipinski definition) is 4. The highest BCUT2D eigenvalue weighted by molar-refractivity contribution is 5.73. The molecule has 0 aliphatic rings. The average Bonchev–Trinajstić information content (AvgIpc) is 2.04. The van der Waals surface area contributed by atoms with Gasteiger partial charge < -0.3 is 15.6 Å². The Morgan fingerprint density at radius 1 is 1.40 bits per heavy atom. The van der Waals surface area contributed by atoms with Gasteiger partial charge in [0.2, 0.25) is 0 Å². The largest absolute Gasteiger partial charge is 0.490 e. The first-order chi connectivity index (χ1) is 6.75. The van der Waals surface area contributed by atoms with Gasteiger partial charge in [-0.1, -0.05) is 0 Å². The van der Waals surface area contributed by atoms with Crippen molar-refractivity contribution in [3.05, 3.63) is 0 Å². The summed E-state index contributed by atoms with van der Waals surface area (Å²) in [4.78, 5) is 19.2. The number of carboxylic acid groups (broad SMARTS) is 1. The number of ether oxygens (including phenoxy) is 1. The first-order valence-electron chi connectivity index (χ1n) is 3.91. The maximum atomic E-state index is 10.6. The molecular weight excluding hydrogens is 219 g/mol. The molecule has 3 N–H and O–H groups in total. The van der Waals surface area contributed by atoms with Crippen molar-refractivity contribution in [3.63, 3.8) is 0 Å². The Bertz CT molecular complexity index is 197. The van der Waals surface area contributed by atoms with Crippen LogP contribution in [0.5, 0.6) is 0 Å². The Labute approximate surface area is 84.0 Å². The summed E-state index contributed by atoms with van der Waals surface area (Å²) in [5.41, 5.74) is 5.06. The number of carbonyl (C=O) groups excluding carboxylic acids is 1. The number of halogens is 3. The lowest BCUT2D eigenvalue weighted by Crippen LogP contribution is -2.21. The molecule has 5 nitrogen and oxygen atoms in total. The van der Waals surface area contributed by atoms with Crippen LogP contribution >= 0.6 is 0 Å². The Morgan fingerprint density at radius 2 is 1.80 bits per heavy atom. The Balaban J connectivity index is 0. The second-order valence-electron chi connectivity index (χ2n) is 2.15. The minimum Gasteiger partial charge on any atom is -0.475 e. The van der Waals surface area contributed by atoms with Crippen LogP contribution in [-0.2, 0) is 14.3 Å². The van der Waals surface area contributed by atoms with Crippen LogP contribution in [0.1, 0.15) is 13.3 Å². The minimum atomic E-state index is -5.08. The summed E-state index contributed by atoms with van der Waals surface area (Å²) in [5, 5.41) is 7.12. The molecule has 8 heteroatoms. The lowest BCUT2D eigenvalue weighted by molar-refractivity contribution is -0.192. The van der Waals surface area contributed by atoms with Crippen molar-refractivity contribution in [3.8, 4) is 0 Å². The van der Waals surface area contributed by atoms with E-state index in [9.17, 15) is 18.0 Å². The molecule has 0 radical (unpaired) electrons. The molecule has 0 fully saturated rings. The lowest BCUT2D eigenvalue weighted by atomic mass is 10.4. The number of hydrogen-bond donors (Lipinski definition) is 2. The monoisotopic (exact) mass is 231 g/mol. The first-order valence-corrected chi connectivity index (χ1v) is 3.91. The molecule has 0 atom stereocenters. The van der Waals surface area contributed by atoms with Gasteiger partial charge in [-0.25, -0.2) is 4.79 Å². The van der Waals surface area contributed by atoms with E-state index < -0.39 is 12.1 Å². The summed E-state index contributed by atoms with van der Waals surface area (Å²) in [5.74, 6) is -2.97. The molecular formula is C7H12F3NO4. The molecule has 0 aromatic heterocycles. The lowest BCUT2D eigenvalue weighted by Gasteiger charge is -1.96. The quantitative estimate of drug-likeness (QED) is 0.691. The minimum absolute atomic E-state index is 0.213. The predicted molar refractivity (Wildman–Crippen MR) is 44.0 cm³/mol. The van der Waals surface area contributed by atoms with Crippen molar-refractivity contribution < 1.29 is 32.6 Å². The number of nitrogens with two attached hydrogens (primary N) is 1. The molecule has 90 valence electrons. The molecule has 0 saturated carbocycles. The summed E-state index contributed by atoms with van der Waals surface area (Å²) in [6.07, 6.45) is -4.76. The maximum absolute atomic E-state index is 10.6. The third-order valence-corrected chi connectivity index (χ3v) is 0.896. The predicted octanol–water partition coefficient (Wildman–Crippen LogP) is 0.532.